The van der Waals surface area contributed by atoms with Crippen molar-refractivity contribution < 1.29 is 0 Å². The maximum absolute atomic E-state index is 6.08. The summed E-state index contributed by atoms with van der Waals surface area (Å²) in [6.07, 6.45) is 0.955. The van der Waals surface area contributed by atoms with Crippen molar-refractivity contribution in [3.8, 4) is 0 Å². The highest BCUT2D eigenvalue weighted by Gasteiger charge is 2.16. The molecule has 0 aliphatic carbocycles. The molecule has 1 aromatic heterocycles. The lowest BCUT2D eigenvalue weighted by atomic mass is 10.0. The first-order chi connectivity index (χ1) is 8.61. The number of aromatic nitrogens is 1. The van der Waals surface area contributed by atoms with E-state index in [0.29, 0.717) is 0 Å². The molecule has 1 aromatic rings. The Labute approximate surface area is 110 Å². The molecule has 2 N–H and O–H groups in total. The normalized spacial score (nSPS) is 19.0. The first-order valence-electron chi connectivity index (χ1n) is 6.78. The van der Waals surface area contributed by atoms with Crippen LogP contribution in [0.4, 0.5) is 5.82 Å². The van der Waals surface area contributed by atoms with Crippen LogP contribution in [0.2, 0.25) is 0 Å². The van der Waals surface area contributed by atoms with Crippen molar-refractivity contribution in [1.82, 2.24) is 9.88 Å². The molecule has 4 heteroatoms. The van der Waals surface area contributed by atoms with E-state index >= 15 is 0 Å². The van der Waals surface area contributed by atoms with E-state index in [2.05, 4.69) is 42.8 Å². The summed E-state index contributed by atoms with van der Waals surface area (Å²) in [5.41, 5.74) is 8.33. The Hall–Kier alpha value is -1.13. The number of likely N-dealkylation sites (N-methyl/N-ethyl adjacent to an activating group) is 1. The molecule has 1 atom stereocenters. The minimum absolute atomic E-state index is 0.110. The smallest absolute Gasteiger partial charge is 0.128 e. The van der Waals surface area contributed by atoms with Crippen LogP contribution < -0.4 is 10.6 Å². The summed E-state index contributed by atoms with van der Waals surface area (Å²) in [5.74, 6) is 1.09. The second-order valence-corrected chi connectivity index (χ2v) is 5.15. The van der Waals surface area contributed by atoms with Gasteiger partial charge in [-0.2, -0.15) is 0 Å². The van der Waals surface area contributed by atoms with Crippen LogP contribution in [-0.2, 0) is 0 Å². The molecule has 2 rings (SSSR count). The first-order valence-corrected chi connectivity index (χ1v) is 6.78. The summed E-state index contributed by atoms with van der Waals surface area (Å²) in [5, 5.41) is 0. The second-order valence-electron chi connectivity index (χ2n) is 5.15. The molecule has 2 heterocycles. The average molecular weight is 248 g/mol. The number of piperazine rings is 1. The second kappa shape index (κ2) is 5.67. The van der Waals surface area contributed by atoms with Gasteiger partial charge in [-0.05, 0) is 32.0 Å². The number of hydrogen-bond acceptors (Lipinski definition) is 4. The molecular formula is C14H24N4. The summed E-state index contributed by atoms with van der Waals surface area (Å²) >= 11 is 0. The molecule has 1 fully saturated rings. The van der Waals surface area contributed by atoms with Gasteiger partial charge in [-0.3, -0.25) is 0 Å². The van der Waals surface area contributed by atoms with Crippen LogP contribution in [0.1, 0.15) is 30.6 Å². The maximum atomic E-state index is 6.08. The fourth-order valence-electron chi connectivity index (χ4n) is 2.38. The fourth-order valence-corrected chi connectivity index (χ4v) is 2.38. The molecular weight excluding hydrogens is 224 g/mol. The Morgan fingerprint density at radius 2 is 1.94 bits per heavy atom. The maximum Gasteiger partial charge on any atom is 0.128 e. The highest BCUT2D eigenvalue weighted by atomic mass is 15.3. The van der Waals surface area contributed by atoms with E-state index in [4.69, 9.17) is 10.7 Å². The fraction of sp³-hybridized carbons (Fsp3) is 0.643. The monoisotopic (exact) mass is 248 g/mol. The predicted molar refractivity (Wildman–Crippen MR) is 75.9 cm³/mol. The summed E-state index contributed by atoms with van der Waals surface area (Å²) in [6, 6.07) is 4.37. The van der Waals surface area contributed by atoms with Crippen LogP contribution in [0.3, 0.4) is 0 Å². The number of nitrogens with two attached hydrogens (primary N) is 1. The van der Waals surface area contributed by atoms with Gasteiger partial charge in [0, 0.05) is 37.9 Å². The third-order valence-electron chi connectivity index (χ3n) is 3.78. The number of rotatable bonds is 3. The number of nitrogens with zero attached hydrogens (tertiary/aromatic N) is 3. The van der Waals surface area contributed by atoms with Gasteiger partial charge in [0.05, 0.1) is 0 Å². The molecule has 0 saturated carbocycles. The van der Waals surface area contributed by atoms with E-state index in [1.807, 2.05) is 0 Å². The summed E-state index contributed by atoms with van der Waals surface area (Å²) in [7, 11) is 2.17. The SMILES string of the molecule is CC[C@@H](N)c1ccc(N2CCN(C)CC2)nc1C. The number of pyridine rings is 1. The zero-order valence-corrected chi connectivity index (χ0v) is 11.7. The van der Waals surface area contributed by atoms with Crippen molar-refractivity contribution in [2.24, 2.45) is 5.73 Å². The lowest BCUT2D eigenvalue weighted by Gasteiger charge is -2.33. The van der Waals surface area contributed by atoms with Gasteiger partial charge in [0.15, 0.2) is 0 Å². The number of anilines is 1. The predicted octanol–water partition coefficient (Wildman–Crippen LogP) is 1.55. The van der Waals surface area contributed by atoms with E-state index in [9.17, 15) is 0 Å². The van der Waals surface area contributed by atoms with Gasteiger partial charge in [0.25, 0.3) is 0 Å². The summed E-state index contributed by atoms with van der Waals surface area (Å²) in [4.78, 5) is 9.43. The third kappa shape index (κ3) is 2.82. The zero-order chi connectivity index (χ0) is 13.1. The Kier molecular flexibility index (Phi) is 4.19. The van der Waals surface area contributed by atoms with Gasteiger partial charge < -0.3 is 15.5 Å². The van der Waals surface area contributed by atoms with Gasteiger partial charge in [-0.15, -0.1) is 0 Å². The molecule has 0 aromatic carbocycles. The molecule has 1 aliphatic heterocycles. The highest BCUT2D eigenvalue weighted by molar-refractivity contribution is 5.42. The molecule has 1 aliphatic rings. The van der Waals surface area contributed by atoms with E-state index in [1.54, 1.807) is 0 Å². The van der Waals surface area contributed by atoms with Gasteiger partial charge in [0.2, 0.25) is 0 Å². The van der Waals surface area contributed by atoms with E-state index in [1.165, 1.54) is 5.56 Å². The van der Waals surface area contributed by atoms with E-state index in [-0.39, 0.29) is 6.04 Å². The van der Waals surface area contributed by atoms with Crippen molar-refractivity contribution in [3.05, 3.63) is 23.4 Å². The minimum Gasteiger partial charge on any atom is -0.354 e. The van der Waals surface area contributed by atoms with E-state index in [0.717, 1.165) is 44.1 Å². The topological polar surface area (TPSA) is 45.4 Å². The van der Waals surface area contributed by atoms with Crippen molar-refractivity contribution in [2.45, 2.75) is 26.3 Å². The first kappa shape index (κ1) is 13.3. The van der Waals surface area contributed by atoms with Crippen molar-refractivity contribution in [3.63, 3.8) is 0 Å². The molecule has 0 spiro atoms. The highest BCUT2D eigenvalue weighted by Crippen LogP contribution is 2.21. The largest absolute Gasteiger partial charge is 0.354 e. The van der Waals surface area contributed by atoms with Crippen molar-refractivity contribution >= 4 is 5.82 Å². The molecule has 0 bridgehead atoms. The molecule has 18 heavy (non-hydrogen) atoms. The standard InChI is InChI=1S/C14H24N4/c1-4-13(15)12-5-6-14(16-11(12)2)18-9-7-17(3)8-10-18/h5-6,13H,4,7-10,15H2,1-3H3/t13-/m1/s1. The lowest BCUT2D eigenvalue weighted by Crippen LogP contribution is -2.44. The Morgan fingerprint density at radius 1 is 1.28 bits per heavy atom. The third-order valence-corrected chi connectivity index (χ3v) is 3.78. The molecule has 4 nitrogen and oxygen atoms in total. The molecule has 0 amide bonds. The van der Waals surface area contributed by atoms with E-state index < -0.39 is 0 Å². The summed E-state index contributed by atoms with van der Waals surface area (Å²) < 4.78 is 0. The van der Waals surface area contributed by atoms with Gasteiger partial charge in [-0.25, -0.2) is 4.98 Å². The van der Waals surface area contributed by atoms with Gasteiger partial charge in [0.1, 0.15) is 5.82 Å². The average Bonchev–Trinajstić information content (AvgIpc) is 2.38. The Bertz CT molecular complexity index is 397. The molecule has 0 radical (unpaired) electrons. The van der Waals surface area contributed by atoms with Gasteiger partial charge in [-0.1, -0.05) is 13.0 Å². The molecule has 100 valence electrons. The quantitative estimate of drug-likeness (QED) is 0.881. The van der Waals surface area contributed by atoms with Gasteiger partial charge >= 0.3 is 0 Å². The van der Waals surface area contributed by atoms with Crippen molar-refractivity contribution in [1.29, 1.82) is 0 Å². The Morgan fingerprint density at radius 3 is 2.50 bits per heavy atom. The lowest BCUT2D eigenvalue weighted by molar-refractivity contribution is 0.312. The van der Waals surface area contributed by atoms with Crippen LogP contribution in [0.25, 0.3) is 0 Å². The molecule has 1 saturated heterocycles. The van der Waals surface area contributed by atoms with Crippen molar-refractivity contribution in [2.75, 3.05) is 38.1 Å². The number of hydrogen-bond donors (Lipinski definition) is 1. The zero-order valence-electron chi connectivity index (χ0n) is 11.7. The van der Waals surface area contributed by atoms with Crippen LogP contribution in [0, 0.1) is 6.92 Å². The van der Waals surface area contributed by atoms with Crippen LogP contribution in [0.5, 0.6) is 0 Å². The van der Waals surface area contributed by atoms with Crippen LogP contribution >= 0.6 is 0 Å². The minimum atomic E-state index is 0.110. The number of aryl methyl sites for hydroxylation is 1. The van der Waals surface area contributed by atoms with Crippen LogP contribution in [0.15, 0.2) is 12.1 Å². The molecule has 0 unspecified atom stereocenters. The van der Waals surface area contributed by atoms with Crippen LogP contribution in [-0.4, -0.2) is 43.1 Å². The summed E-state index contributed by atoms with van der Waals surface area (Å²) in [6.45, 7) is 8.50. The Balaban J connectivity index is 2.13.